The summed E-state index contributed by atoms with van der Waals surface area (Å²) < 4.78 is 6.79. The van der Waals surface area contributed by atoms with E-state index in [1.807, 2.05) is 18.4 Å². The number of thioether (sulfide) groups is 1. The Morgan fingerprint density at radius 2 is 2.37 bits per heavy atom. The normalized spacial score (nSPS) is 12.7. The zero-order valence-electron chi connectivity index (χ0n) is 11.4. The molecule has 0 aliphatic carbocycles. The lowest BCUT2D eigenvalue weighted by Crippen LogP contribution is -2.41. The van der Waals surface area contributed by atoms with Crippen LogP contribution in [0.5, 0.6) is 0 Å². The summed E-state index contributed by atoms with van der Waals surface area (Å²) >= 11 is 1.32. The van der Waals surface area contributed by atoms with Crippen LogP contribution in [-0.4, -0.2) is 57.9 Å². The minimum absolute atomic E-state index is 0.146. The number of ether oxygens (including phenoxy) is 1. The molecule has 0 aliphatic rings. The maximum atomic E-state index is 11.7. The van der Waals surface area contributed by atoms with Gasteiger partial charge in [-0.15, -0.1) is 10.2 Å². The highest BCUT2D eigenvalue weighted by atomic mass is 32.2. The summed E-state index contributed by atoms with van der Waals surface area (Å²) in [7, 11) is 1.52. The number of carbonyl (C=O) groups excluding carboxylic acids is 1. The van der Waals surface area contributed by atoms with Crippen LogP contribution in [0, 0.1) is 0 Å². The number of nitrogens with one attached hydrogen (secondary N) is 1. The molecule has 1 amide bonds. The van der Waals surface area contributed by atoms with Gasteiger partial charge < -0.3 is 19.7 Å². The standard InChI is InChI=1S/C11H20N4O3S/c1-8(2)15-7-12-14-11(15)19-6-10(17)13-9(4-16)5-18-3/h7-9,16H,4-6H2,1-3H3,(H,13,17). The van der Waals surface area contributed by atoms with Gasteiger partial charge in [0.1, 0.15) is 6.33 Å². The Balaban J connectivity index is 2.43. The maximum absolute atomic E-state index is 11.7. The predicted octanol–water partition coefficient (Wildman–Crippen LogP) is 0.0746. The lowest BCUT2D eigenvalue weighted by Gasteiger charge is -2.15. The van der Waals surface area contributed by atoms with Crippen LogP contribution in [-0.2, 0) is 9.53 Å². The summed E-state index contributed by atoms with van der Waals surface area (Å²) in [4.78, 5) is 11.7. The van der Waals surface area contributed by atoms with E-state index >= 15 is 0 Å². The predicted molar refractivity (Wildman–Crippen MR) is 72.0 cm³/mol. The molecule has 0 saturated carbocycles. The Kier molecular flexibility index (Phi) is 6.82. The largest absolute Gasteiger partial charge is 0.394 e. The number of rotatable bonds is 8. The van der Waals surface area contributed by atoms with Crippen LogP contribution in [0.3, 0.4) is 0 Å². The van der Waals surface area contributed by atoms with Crippen molar-refractivity contribution in [2.45, 2.75) is 31.1 Å². The quantitative estimate of drug-likeness (QED) is 0.658. The molecule has 0 radical (unpaired) electrons. The number of nitrogens with zero attached hydrogens (tertiary/aromatic N) is 3. The summed E-state index contributed by atoms with van der Waals surface area (Å²) in [5, 5.41) is 20.2. The Labute approximate surface area is 116 Å². The van der Waals surface area contributed by atoms with Crippen molar-refractivity contribution in [1.82, 2.24) is 20.1 Å². The van der Waals surface area contributed by atoms with Gasteiger partial charge in [0, 0.05) is 13.2 Å². The van der Waals surface area contributed by atoms with E-state index in [-0.39, 0.29) is 37.0 Å². The average molecular weight is 288 g/mol. The van der Waals surface area contributed by atoms with Gasteiger partial charge in [-0.25, -0.2) is 0 Å². The van der Waals surface area contributed by atoms with Gasteiger partial charge in [-0.3, -0.25) is 4.79 Å². The average Bonchev–Trinajstić information content (AvgIpc) is 2.84. The van der Waals surface area contributed by atoms with Crippen molar-refractivity contribution < 1.29 is 14.6 Å². The molecule has 1 rings (SSSR count). The van der Waals surface area contributed by atoms with Crippen molar-refractivity contribution in [2.75, 3.05) is 26.1 Å². The third-order valence-corrected chi connectivity index (χ3v) is 3.34. The molecule has 0 bridgehead atoms. The van der Waals surface area contributed by atoms with E-state index in [1.54, 1.807) is 6.33 Å². The smallest absolute Gasteiger partial charge is 0.230 e. The highest BCUT2D eigenvalue weighted by Crippen LogP contribution is 2.18. The second kappa shape index (κ2) is 8.13. The van der Waals surface area contributed by atoms with Crippen LogP contribution >= 0.6 is 11.8 Å². The summed E-state index contributed by atoms with van der Waals surface area (Å²) in [6.45, 7) is 4.18. The molecule has 2 N–H and O–H groups in total. The van der Waals surface area contributed by atoms with Crippen molar-refractivity contribution in [3.05, 3.63) is 6.33 Å². The number of aliphatic hydroxyl groups is 1. The van der Waals surface area contributed by atoms with Gasteiger partial charge in [-0.05, 0) is 13.8 Å². The molecule has 0 saturated heterocycles. The van der Waals surface area contributed by atoms with Crippen molar-refractivity contribution in [3.8, 4) is 0 Å². The second-order valence-corrected chi connectivity index (χ2v) is 5.25. The molecule has 0 aromatic carbocycles. The highest BCUT2D eigenvalue weighted by molar-refractivity contribution is 7.99. The molecule has 0 spiro atoms. The monoisotopic (exact) mass is 288 g/mol. The number of carbonyl (C=O) groups is 1. The molecule has 1 unspecified atom stereocenters. The minimum atomic E-state index is -0.374. The number of methoxy groups -OCH3 is 1. The second-order valence-electron chi connectivity index (χ2n) is 4.31. The summed E-state index contributed by atoms with van der Waals surface area (Å²) in [5.74, 6) is 0.0606. The number of hydrogen-bond donors (Lipinski definition) is 2. The molecule has 8 heteroatoms. The molecular formula is C11H20N4O3S. The molecule has 0 fully saturated rings. The zero-order chi connectivity index (χ0) is 14.3. The Hall–Kier alpha value is -1.12. The fourth-order valence-electron chi connectivity index (χ4n) is 1.43. The molecule has 7 nitrogen and oxygen atoms in total. The van der Waals surface area contributed by atoms with Crippen molar-refractivity contribution in [2.24, 2.45) is 0 Å². The zero-order valence-corrected chi connectivity index (χ0v) is 12.2. The number of aliphatic hydroxyl groups excluding tert-OH is 1. The summed E-state index contributed by atoms with van der Waals surface area (Å²) in [6.07, 6.45) is 1.65. The first-order valence-electron chi connectivity index (χ1n) is 6.00. The van der Waals surface area contributed by atoms with Crippen LogP contribution in [0.4, 0.5) is 0 Å². The minimum Gasteiger partial charge on any atom is -0.394 e. The van der Waals surface area contributed by atoms with E-state index in [0.29, 0.717) is 5.16 Å². The first kappa shape index (κ1) is 15.9. The lowest BCUT2D eigenvalue weighted by atomic mass is 10.3. The Morgan fingerprint density at radius 3 is 2.95 bits per heavy atom. The van der Waals surface area contributed by atoms with Gasteiger partial charge in [0.2, 0.25) is 5.91 Å². The third-order valence-electron chi connectivity index (χ3n) is 2.38. The first-order chi connectivity index (χ1) is 9.08. The molecule has 1 heterocycles. The third kappa shape index (κ3) is 5.17. The Morgan fingerprint density at radius 1 is 1.63 bits per heavy atom. The van der Waals surface area contributed by atoms with Crippen molar-refractivity contribution in [3.63, 3.8) is 0 Å². The highest BCUT2D eigenvalue weighted by Gasteiger charge is 2.14. The summed E-state index contributed by atoms with van der Waals surface area (Å²) in [6, 6.07) is -0.125. The van der Waals surface area contributed by atoms with E-state index in [0.717, 1.165) is 0 Å². The Bertz CT molecular complexity index is 397. The lowest BCUT2D eigenvalue weighted by molar-refractivity contribution is -0.120. The van der Waals surface area contributed by atoms with Crippen LogP contribution in [0.2, 0.25) is 0 Å². The number of aromatic nitrogens is 3. The van der Waals surface area contributed by atoms with Gasteiger partial charge in [0.15, 0.2) is 5.16 Å². The molecule has 0 aliphatic heterocycles. The van der Waals surface area contributed by atoms with E-state index in [9.17, 15) is 4.79 Å². The van der Waals surface area contributed by atoms with Crippen LogP contribution in [0.25, 0.3) is 0 Å². The van der Waals surface area contributed by atoms with Gasteiger partial charge in [0.25, 0.3) is 0 Å². The topological polar surface area (TPSA) is 89.3 Å². The van der Waals surface area contributed by atoms with Crippen molar-refractivity contribution in [1.29, 1.82) is 0 Å². The van der Waals surface area contributed by atoms with E-state index < -0.39 is 0 Å². The molecule has 1 atom stereocenters. The van der Waals surface area contributed by atoms with Crippen LogP contribution < -0.4 is 5.32 Å². The molecule has 108 valence electrons. The molecule has 1 aromatic heterocycles. The van der Waals surface area contributed by atoms with E-state index in [2.05, 4.69) is 15.5 Å². The van der Waals surface area contributed by atoms with Gasteiger partial charge in [-0.2, -0.15) is 0 Å². The first-order valence-corrected chi connectivity index (χ1v) is 6.98. The number of amides is 1. The van der Waals surface area contributed by atoms with Gasteiger partial charge in [-0.1, -0.05) is 11.8 Å². The maximum Gasteiger partial charge on any atom is 0.230 e. The number of hydrogen-bond acceptors (Lipinski definition) is 6. The van der Waals surface area contributed by atoms with Crippen molar-refractivity contribution >= 4 is 17.7 Å². The van der Waals surface area contributed by atoms with Gasteiger partial charge >= 0.3 is 0 Å². The fourth-order valence-corrected chi connectivity index (χ4v) is 2.29. The summed E-state index contributed by atoms with van der Waals surface area (Å²) in [5.41, 5.74) is 0. The SMILES string of the molecule is COCC(CO)NC(=O)CSc1nncn1C(C)C. The van der Waals surface area contributed by atoms with E-state index in [1.165, 1.54) is 18.9 Å². The van der Waals surface area contributed by atoms with E-state index in [4.69, 9.17) is 9.84 Å². The fraction of sp³-hybridized carbons (Fsp3) is 0.727. The van der Waals surface area contributed by atoms with Gasteiger partial charge in [0.05, 0.1) is 25.0 Å². The van der Waals surface area contributed by atoms with Crippen LogP contribution in [0.15, 0.2) is 11.5 Å². The molecule has 19 heavy (non-hydrogen) atoms. The molecule has 1 aromatic rings. The van der Waals surface area contributed by atoms with Crippen LogP contribution in [0.1, 0.15) is 19.9 Å². The molecular weight excluding hydrogens is 268 g/mol.